The predicted molar refractivity (Wildman–Crippen MR) is 327 cm³/mol. The van der Waals surface area contributed by atoms with Gasteiger partial charge in [-0.3, -0.25) is 14.9 Å². The number of nitrogens with zero attached hydrogens (tertiary/aromatic N) is 1. The zero-order valence-corrected chi connectivity index (χ0v) is 55.9. The fourth-order valence-electron chi connectivity index (χ4n) is 17.2. The van der Waals surface area contributed by atoms with Crippen LogP contribution in [0.15, 0.2) is 58.4 Å². The molecule has 6 aliphatic heterocycles. The number of allylic oxidation sites excluding steroid dienone is 3. The van der Waals surface area contributed by atoms with Gasteiger partial charge in [0, 0.05) is 74.2 Å². The van der Waals surface area contributed by atoms with Crippen molar-refractivity contribution in [3.63, 3.8) is 0 Å². The Morgan fingerprint density at radius 1 is 0.688 bits per heavy atom. The molecule has 10 rings (SSSR count). The lowest BCUT2D eigenvalue weighted by Crippen LogP contribution is -2.65. The molecule has 4 aliphatic carbocycles. The molecule has 0 aromatic rings. The molecule has 93 heavy (non-hydrogen) atoms. The molecular weight excluding hydrogens is 1220 g/mol. The minimum absolute atomic E-state index is 0.00999. The number of ketones is 1. The Kier molecular flexibility index (Phi) is 21.7. The molecule has 31 atom stereocenters. The molecule has 1 spiro atoms. The van der Waals surface area contributed by atoms with Gasteiger partial charge in [-0.05, 0) is 96.1 Å². The van der Waals surface area contributed by atoms with Crippen molar-refractivity contribution >= 4 is 17.8 Å². The van der Waals surface area contributed by atoms with Gasteiger partial charge in [0.2, 0.25) is 11.3 Å². The first-order chi connectivity index (χ1) is 43.9. The molecule has 26 nitrogen and oxygen atoms in total. The van der Waals surface area contributed by atoms with Gasteiger partial charge in [0.25, 0.3) is 0 Å². The Bertz CT molecular complexity index is 2880. The normalized spacial score (nSPS) is 49.9. The van der Waals surface area contributed by atoms with Crippen LogP contribution in [0.1, 0.15) is 134 Å². The van der Waals surface area contributed by atoms with Crippen molar-refractivity contribution in [1.82, 2.24) is 5.32 Å². The Hall–Kier alpha value is -4.33. The summed E-state index contributed by atoms with van der Waals surface area (Å²) < 4.78 is 82.0. The van der Waals surface area contributed by atoms with Gasteiger partial charge >= 0.3 is 12.1 Å². The number of aliphatic hydroxyl groups excluding tert-OH is 6. The first-order valence-electron chi connectivity index (χ1n) is 33.2. The summed E-state index contributed by atoms with van der Waals surface area (Å²) in [6.45, 7) is 21.2. The van der Waals surface area contributed by atoms with Gasteiger partial charge in [-0.15, -0.1) is 0 Å². The van der Waals surface area contributed by atoms with Crippen LogP contribution in [-0.4, -0.2) is 214 Å². The lowest BCUT2D eigenvalue weighted by molar-refractivity contribution is -0.584. The van der Waals surface area contributed by atoms with Crippen LogP contribution in [0.25, 0.3) is 0 Å². The van der Waals surface area contributed by atoms with Crippen LogP contribution in [0.4, 0.5) is 4.79 Å². The highest BCUT2D eigenvalue weighted by atomic mass is 16.8. The quantitative estimate of drug-likeness (QED) is 0.0373. The summed E-state index contributed by atoms with van der Waals surface area (Å²) in [6, 6.07) is -1.09. The Morgan fingerprint density at radius 2 is 1.28 bits per heavy atom. The fraction of sp³-hybridized carbons (Fsp3) is 0.806. The minimum Gasteiger partial charge on any atom is -0.511 e. The van der Waals surface area contributed by atoms with Crippen LogP contribution >= 0.6 is 0 Å². The van der Waals surface area contributed by atoms with Crippen molar-refractivity contribution < 1.29 is 112 Å². The second-order valence-electron chi connectivity index (χ2n) is 28.6. The maximum Gasteiger partial charge on any atom is 0.407 e. The molecule has 0 aromatic carbocycles. The molecule has 1 unspecified atom stereocenters. The second-order valence-corrected chi connectivity index (χ2v) is 28.6. The molecule has 7 fully saturated rings. The smallest absolute Gasteiger partial charge is 0.407 e. The highest BCUT2D eigenvalue weighted by molar-refractivity contribution is 6.26. The minimum atomic E-state index is -1.84. The predicted octanol–water partition coefficient (Wildman–Crippen LogP) is 5.45. The van der Waals surface area contributed by atoms with E-state index in [9.17, 15) is 50.3 Å². The van der Waals surface area contributed by atoms with Gasteiger partial charge in [0.1, 0.15) is 41.8 Å². The van der Waals surface area contributed by atoms with E-state index in [1.54, 1.807) is 53.7 Å². The first-order valence-corrected chi connectivity index (χ1v) is 33.2. The first kappa shape index (κ1) is 71.4. The monoisotopic (exact) mass is 1320 g/mol. The van der Waals surface area contributed by atoms with Crippen molar-refractivity contribution in [3.05, 3.63) is 68.5 Å². The van der Waals surface area contributed by atoms with Crippen LogP contribution in [0.3, 0.4) is 0 Å². The number of carbonyl (C=O) groups excluding carboxylic acids is 3. The number of esters is 1. The average Bonchev–Trinajstić information content (AvgIpc) is 1.70. The van der Waals surface area contributed by atoms with E-state index in [-0.39, 0.29) is 63.4 Å². The summed E-state index contributed by atoms with van der Waals surface area (Å²) in [4.78, 5) is 55.4. The van der Waals surface area contributed by atoms with Crippen molar-refractivity contribution in [2.24, 2.45) is 46.8 Å². The zero-order valence-electron chi connectivity index (χ0n) is 55.9. The number of methoxy groups -OCH3 is 2. The van der Waals surface area contributed by atoms with E-state index in [1.165, 1.54) is 14.0 Å². The van der Waals surface area contributed by atoms with E-state index >= 15 is 4.79 Å². The van der Waals surface area contributed by atoms with E-state index in [0.29, 0.717) is 17.6 Å². The van der Waals surface area contributed by atoms with Crippen LogP contribution in [-0.2, 0) is 71.2 Å². The van der Waals surface area contributed by atoms with Gasteiger partial charge in [0.15, 0.2) is 37.1 Å². The SMILES string of the molecule is COC(=O)N[C@H]1[C@@H](C)O[C@@H](O[C@H]2C/C=C(/C)[C@@H]3C=C[C@@H]4[C@@H](O[C@H]5C[C@@H](O[C@H]6C[C@@H](O[C@H]7C[C@@H](O)[C@@H](O)[C@H](C)O7)[C@@H](O[C@@H]7C[C@@H](O)[C@@H](OC)[C@H](C)O7)[C@H](C)O6)[C@@H](O)[C@H](C)O5)[C@@H](C)C[C@H](C)[C@H]4[C@]3(C)/C(O)=C3/C(=O)OC4(C[C@@H](C)C(CO)=C[C@H]4/C=C/2C)C3=O)C[C@]1(C)[N+](=O)[O-]. The number of ether oxygens (including phenoxy) is 13. The van der Waals surface area contributed by atoms with E-state index in [0.717, 1.165) is 12.7 Å². The van der Waals surface area contributed by atoms with E-state index in [4.69, 9.17) is 61.6 Å². The molecule has 10 aliphatic rings. The van der Waals surface area contributed by atoms with E-state index in [2.05, 4.69) is 25.2 Å². The Balaban J connectivity index is 0.943. The molecule has 1 saturated carbocycles. The van der Waals surface area contributed by atoms with Crippen molar-refractivity contribution in [3.8, 4) is 0 Å². The number of hydrogen-bond donors (Lipinski definition) is 7. The average molecular weight is 1320 g/mol. The lowest BCUT2D eigenvalue weighted by Gasteiger charge is -2.56. The number of carbonyl (C=O) groups is 3. The van der Waals surface area contributed by atoms with Crippen molar-refractivity contribution in [2.75, 3.05) is 20.8 Å². The molecule has 6 heterocycles. The van der Waals surface area contributed by atoms with Crippen molar-refractivity contribution in [2.45, 2.75) is 275 Å². The number of hydrogen-bond acceptors (Lipinski definition) is 24. The summed E-state index contributed by atoms with van der Waals surface area (Å²) in [7, 11) is 2.66. The highest BCUT2D eigenvalue weighted by Crippen LogP contribution is 2.61. The standard InChI is InChI=1S/C67H100N2O24/c1-29-15-18-45(88-52-27-65(11,69(79)80)60(38(10)87-52)68-64(78)82-14)30(2)20-40-21-39(28-70)33(5)26-67(40)62(76)53(63(77)93-67)61(75)66(12)42(29)17-16-41-54(66)31(3)19-32(4)57(41)91-51-24-46(56(74)35(7)84-51)89-50-25-47(90-48-22-43(71)55(73)34(6)83-48)59(37(9)86-50)92-49-23-44(72)58(81-13)36(8)85-49/h15-17,20-21,31-38,40-52,54-60,70-75H,18-19,22-28H2,1-14H3,(H,68,78)/b29-15-,30-20+,61-53-/t31-,32-,33+,34-,35-,36-,37-,38+,40+,41-,42-,43+,44+,45-,46+,47+,48-,49+,50-,51-,52-,54+,55-,56-,57-,58-,59-,60-,65-,66+,67?/m0/s1. The van der Waals surface area contributed by atoms with Gasteiger partial charge in [-0.2, -0.15) is 0 Å². The van der Waals surface area contributed by atoms with Crippen LogP contribution < -0.4 is 5.32 Å². The molecule has 26 heteroatoms. The fourth-order valence-corrected chi connectivity index (χ4v) is 17.2. The molecule has 1 amide bonds. The summed E-state index contributed by atoms with van der Waals surface area (Å²) in [5.74, 6) is -5.33. The number of Topliss-reactive ketones (excluding diaryl/α,β-unsaturated/α-hetero) is 1. The van der Waals surface area contributed by atoms with Crippen LogP contribution in [0.5, 0.6) is 0 Å². The molecular formula is C67H100N2O24. The van der Waals surface area contributed by atoms with Gasteiger partial charge in [-0.25, -0.2) is 9.59 Å². The summed E-state index contributed by atoms with van der Waals surface area (Å²) >= 11 is 0. The summed E-state index contributed by atoms with van der Waals surface area (Å²) in [5, 5.41) is 83.6. The number of amides is 1. The van der Waals surface area contributed by atoms with Crippen LogP contribution in [0.2, 0.25) is 0 Å². The second kappa shape index (κ2) is 28.3. The molecule has 7 N–H and O–H groups in total. The third-order valence-electron chi connectivity index (χ3n) is 22.3. The van der Waals surface area contributed by atoms with Gasteiger partial charge in [0.05, 0.1) is 87.3 Å². The molecule has 0 radical (unpaired) electrons. The van der Waals surface area contributed by atoms with Crippen LogP contribution in [0, 0.1) is 57.0 Å². The third kappa shape index (κ3) is 13.7. The Morgan fingerprint density at radius 3 is 1.92 bits per heavy atom. The number of alkyl carbamates (subject to hydrolysis) is 1. The number of fused-ring (bicyclic) bond motifs is 4. The number of rotatable bonds is 14. The van der Waals surface area contributed by atoms with E-state index in [1.807, 2.05) is 32.9 Å². The molecule has 6 saturated heterocycles. The van der Waals surface area contributed by atoms with Crippen molar-refractivity contribution in [1.29, 1.82) is 0 Å². The highest BCUT2D eigenvalue weighted by Gasteiger charge is 2.64. The zero-order chi connectivity index (χ0) is 67.7. The largest absolute Gasteiger partial charge is 0.511 e. The number of aliphatic hydroxyl groups is 6. The van der Waals surface area contributed by atoms with Gasteiger partial charge in [-0.1, -0.05) is 63.6 Å². The molecule has 522 valence electrons. The lowest BCUT2D eigenvalue weighted by atomic mass is 9.49. The summed E-state index contributed by atoms with van der Waals surface area (Å²) in [6.07, 6.45) is -8.05. The number of nitrogens with one attached hydrogen (secondary N) is 1. The topological polar surface area (TPSA) is 348 Å². The Labute approximate surface area is 543 Å². The molecule has 2 bridgehead atoms. The maximum atomic E-state index is 15.7. The summed E-state index contributed by atoms with van der Waals surface area (Å²) in [5.41, 5.74) is -3.49. The molecule has 0 aromatic heterocycles. The van der Waals surface area contributed by atoms with Gasteiger partial charge < -0.3 is 97.5 Å². The third-order valence-corrected chi connectivity index (χ3v) is 22.3. The number of nitro groups is 1. The maximum absolute atomic E-state index is 15.7. The van der Waals surface area contributed by atoms with E-state index < -0.39 is 209 Å².